The third kappa shape index (κ3) is 4.03. The van der Waals surface area contributed by atoms with E-state index in [0.717, 1.165) is 20.5 Å². The Hall–Kier alpha value is -4.03. The molecule has 2 aromatic heterocycles. The second-order valence-corrected chi connectivity index (χ2v) is 15.0. The Labute approximate surface area is 282 Å². The number of hydrogen-bond acceptors (Lipinski definition) is 8. The Morgan fingerprint density at radius 1 is 0.979 bits per heavy atom. The summed E-state index contributed by atoms with van der Waals surface area (Å²) in [6.45, 7) is 3.71. The zero-order valence-corrected chi connectivity index (χ0v) is 27.7. The normalized spacial score (nSPS) is 28.6. The van der Waals surface area contributed by atoms with Gasteiger partial charge in [-0.1, -0.05) is 34.9 Å². The fraction of sp³-hybridized carbons (Fsp3) is 0.324. The molecule has 6 atom stereocenters. The number of aryl methyl sites for hydroxylation is 2. The molecule has 4 amide bonds. The van der Waals surface area contributed by atoms with Gasteiger partial charge >= 0.3 is 0 Å². The van der Waals surface area contributed by atoms with Crippen LogP contribution in [0.4, 0.5) is 5.82 Å². The number of amides is 4. The molecule has 240 valence electrons. The molecule has 2 N–H and O–H groups in total. The summed E-state index contributed by atoms with van der Waals surface area (Å²) in [5, 5.41) is 28.3. The van der Waals surface area contributed by atoms with Crippen LogP contribution in [0.25, 0.3) is 20.7 Å². The number of thiophene rings is 1. The first kappa shape index (κ1) is 30.3. The summed E-state index contributed by atoms with van der Waals surface area (Å²) in [4.78, 5) is 57.4. The van der Waals surface area contributed by atoms with Crippen LogP contribution in [-0.2, 0) is 26.2 Å². The fourth-order valence-electron chi connectivity index (χ4n) is 8.53. The molecule has 4 heterocycles. The summed E-state index contributed by atoms with van der Waals surface area (Å²) in [5.74, 6) is -6.21. The van der Waals surface area contributed by atoms with Crippen molar-refractivity contribution in [2.24, 2.45) is 36.1 Å². The number of imide groups is 2. The quantitative estimate of drug-likeness (QED) is 0.148. The zero-order chi connectivity index (χ0) is 33.3. The number of carbonyl (C=O) groups excluding carboxylic acids is 4. The molecule has 0 radical (unpaired) electrons. The van der Waals surface area contributed by atoms with E-state index >= 15 is 0 Å². The Morgan fingerprint density at radius 3 is 2.47 bits per heavy atom. The van der Waals surface area contributed by atoms with Gasteiger partial charge in [-0.15, -0.1) is 11.3 Å². The number of aromatic nitrogens is 2. The summed E-state index contributed by atoms with van der Waals surface area (Å²) in [7, 11) is 1.68. The minimum absolute atomic E-state index is 0.107. The molecule has 2 aliphatic carbocycles. The predicted molar refractivity (Wildman–Crippen MR) is 175 cm³/mol. The van der Waals surface area contributed by atoms with E-state index < -0.39 is 58.6 Å². The lowest BCUT2D eigenvalue weighted by Gasteiger charge is -2.49. The van der Waals surface area contributed by atoms with E-state index in [0.29, 0.717) is 26.9 Å². The number of rotatable bonds is 3. The molecule has 2 aromatic carbocycles. The highest BCUT2D eigenvalue weighted by Gasteiger charge is 2.68. The van der Waals surface area contributed by atoms with E-state index in [4.69, 9.17) is 28.3 Å². The van der Waals surface area contributed by atoms with Crippen LogP contribution in [-0.4, -0.2) is 48.8 Å². The number of benzene rings is 2. The summed E-state index contributed by atoms with van der Waals surface area (Å²) < 4.78 is 2.54. The number of fused-ring (bicyclic) bond motifs is 5. The highest BCUT2D eigenvalue weighted by Crippen LogP contribution is 2.64. The monoisotopic (exact) mass is 690 g/mol. The van der Waals surface area contributed by atoms with E-state index in [1.807, 2.05) is 31.2 Å². The van der Waals surface area contributed by atoms with Gasteiger partial charge in [0.2, 0.25) is 11.8 Å². The number of nitrogens with zero attached hydrogens (tertiary/aromatic N) is 4. The van der Waals surface area contributed by atoms with Gasteiger partial charge in [0.1, 0.15) is 17.3 Å². The Morgan fingerprint density at radius 2 is 1.70 bits per heavy atom. The van der Waals surface area contributed by atoms with Gasteiger partial charge in [0.05, 0.1) is 28.0 Å². The Bertz CT molecular complexity index is 2140. The lowest BCUT2D eigenvalue weighted by Crippen LogP contribution is -2.48. The summed E-state index contributed by atoms with van der Waals surface area (Å²) >= 11 is 14.2. The molecule has 47 heavy (non-hydrogen) atoms. The Balaban J connectivity index is 1.27. The molecule has 0 bridgehead atoms. The molecule has 13 heteroatoms. The second kappa shape index (κ2) is 10.2. The van der Waals surface area contributed by atoms with E-state index in [9.17, 15) is 29.5 Å². The second-order valence-electron chi connectivity index (χ2n) is 13.1. The van der Waals surface area contributed by atoms with Crippen molar-refractivity contribution in [3.63, 3.8) is 0 Å². The molecule has 2 aliphatic heterocycles. The van der Waals surface area contributed by atoms with Gasteiger partial charge in [0.15, 0.2) is 0 Å². The molecular weight excluding hydrogens is 663 g/mol. The van der Waals surface area contributed by atoms with Gasteiger partial charge in [-0.3, -0.25) is 29.1 Å². The lowest BCUT2D eigenvalue weighted by molar-refractivity contribution is -0.173. The first-order valence-electron chi connectivity index (χ1n) is 15.2. The number of phenolic OH excluding ortho intramolecular Hbond substituents is 1. The number of halogens is 2. The van der Waals surface area contributed by atoms with Gasteiger partial charge in [0.25, 0.3) is 11.8 Å². The minimum Gasteiger partial charge on any atom is -0.508 e. The van der Waals surface area contributed by atoms with Crippen LogP contribution in [0, 0.1) is 36.0 Å². The maximum Gasteiger partial charge on any atom is 0.257 e. The molecule has 2 saturated heterocycles. The summed E-state index contributed by atoms with van der Waals surface area (Å²) in [6.07, 6.45) is 2.12. The first-order chi connectivity index (χ1) is 22.3. The van der Waals surface area contributed by atoms with Gasteiger partial charge in [0, 0.05) is 39.3 Å². The largest absolute Gasteiger partial charge is 0.508 e. The van der Waals surface area contributed by atoms with Crippen molar-refractivity contribution in [2.75, 3.05) is 4.90 Å². The number of hydroxylamine groups is 2. The van der Waals surface area contributed by atoms with Crippen molar-refractivity contribution in [3.05, 3.63) is 75.3 Å². The van der Waals surface area contributed by atoms with Gasteiger partial charge in [-0.25, -0.2) is 4.90 Å². The first-order valence-corrected chi connectivity index (χ1v) is 16.8. The number of phenols is 1. The van der Waals surface area contributed by atoms with Crippen molar-refractivity contribution < 1.29 is 29.5 Å². The minimum atomic E-state index is -1.38. The number of hydrogen-bond donors (Lipinski definition) is 2. The SMILES string of the molecule is Cc1c(-c2cc(N3C(=O)C4CC5C(=CCC6C(=O)N(O)C(=O)C65)C(c5cc(Cl)ccc5O)C4(C)C3=O)n(C)n2)sc2ccc(Cl)cc12. The summed E-state index contributed by atoms with van der Waals surface area (Å²) in [6, 6.07) is 12.0. The van der Waals surface area contributed by atoms with Gasteiger partial charge in [-0.05, 0) is 80.0 Å². The molecule has 0 spiro atoms. The van der Waals surface area contributed by atoms with Crippen molar-refractivity contribution in [2.45, 2.75) is 32.6 Å². The average Bonchev–Trinajstić information content (AvgIpc) is 3.70. The van der Waals surface area contributed by atoms with Crippen LogP contribution in [0.15, 0.2) is 54.1 Å². The number of carbonyl (C=O) groups is 4. The number of aromatic hydroxyl groups is 1. The molecule has 4 aromatic rings. The molecule has 3 fully saturated rings. The van der Waals surface area contributed by atoms with E-state index in [1.165, 1.54) is 21.7 Å². The predicted octanol–water partition coefficient (Wildman–Crippen LogP) is 6.24. The maximum atomic E-state index is 14.8. The molecular formula is C34H28Cl2N4O6S. The lowest BCUT2D eigenvalue weighted by atomic mass is 9.51. The van der Waals surface area contributed by atoms with Crippen molar-refractivity contribution in [1.29, 1.82) is 0 Å². The van der Waals surface area contributed by atoms with Crippen LogP contribution >= 0.6 is 34.5 Å². The van der Waals surface area contributed by atoms with Gasteiger partial charge < -0.3 is 5.11 Å². The van der Waals surface area contributed by atoms with E-state index in [1.54, 1.807) is 37.4 Å². The van der Waals surface area contributed by atoms with E-state index in [2.05, 4.69) is 0 Å². The summed E-state index contributed by atoms with van der Waals surface area (Å²) in [5.41, 5.74) is 1.22. The average molecular weight is 692 g/mol. The van der Waals surface area contributed by atoms with Crippen molar-refractivity contribution in [3.8, 4) is 16.3 Å². The third-order valence-corrected chi connectivity index (χ3v) is 12.5. The highest BCUT2D eigenvalue weighted by atomic mass is 35.5. The van der Waals surface area contributed by atoms with E-state index in [-0.39, 0.29) is 29.5 Å². The van der Waals surface area contributed by atoms with Crippen LogP contribution in [0.1, 0.15) is 36.8 Å². The highest BCUT2D eigenvalue weighted by molar-refractivity contribution is 7.22. The standard InChI is InChI=1S/C34H28Cl2N4O6S/c1-14-19-10-16(36)5-9-25(19)47-29(14)23-13-26(38(3)37-23)39-31(43)22-12-20-17(6-7-18-27(20)32(44)40(46)30(18)42)28(34(22,2)33(39)45)21-11-15(35)4-8-24(21)41/h4-6,8-11,13,18,20,22,27-28,41,46H,7,12H2,1-3H3. The van der Waals surface area contributed by atoms with Crippen LogP contribution in [0.2, 0.25) is 10.0 Å². The van der Waals surface area contributed by atoms with Gasteiger partial charge in [-0.2, -0.15) is 10.2 Å². The molecule has 4 aliphatic rings. The molecule has 8 rings (SSSR count). The number of allylic oxidation sites excluding steroid dienone is 2. The molecule has 10 nitrogen and oxygen atoms in total. The molecule has 6 unspecified atom stereocenters. The Kier molecular flexibility index (Phi) is 6.60. The molecule has 1 saturated carbocycles. The topological polar surface area (TPSA) is 133 Å². The van der Waals surface area contributed by atoms with Crippen molar-refractivity contribution >= 4 is 74.1 Å². The van der Waals surface area contributed by atoms with Crippen molar-refractivity contribution in [1.82, 2.24) is 14.8 Å². The van der Waals surface area contributed by atoms with Crippen LogP contribution in [0.5, 0.6) is 5.75 Å². The smallest absolute Gasteiger partial charge is 0.257 e. The maximum absolute atomic E-state index is 14.8. The third-order valence-electron chi connectivity index (χ3n) is 10.8. The fourth-order valence-corrected chi connectivity index (χ4v) is 10.0. The van der Waals surface area contributed by atoms with Crippen LogP contribution < -0.4 is 4.90 Å². The number of anilines is 1. The van der Waals surface area contributed by atoms with Crippen LogP contribution in [0.3, 0.4) is 0 Å². The zero-order valence-electron chi connectivity index (χ0n) is 25.4.